The number of hydrogen-bond acceptors (Lipinski definition) is 2. The van der Waals surface area contributed by atoms with Gasteiger partial charge in [-0.2, -0.15) is 0 Å². The van der Waals surface area contributed by atoms with Gasteiger partial charge in [-0.15, -0.1) is 0 Å². The van der Waals surface area contributed by atoms with Crippen molar-refractivity contribution in [3.63, 3.8) is 0 Å². The highest BCUT2D eigenvalue weighted by molar-refractivity contribution is 5.94. The van der Waals surface area contributed by atoms with Crippen molar-refractivity contribution >= 4 is 11.7 Å². The SMILES string of the molecule is CC(=O)CC(C)Cc1ccc(C#Cc2ccc(C(=O)N(C)Cc3ccccc3)cc2)cc1. The number of amides is 1. The average Bonchev–Trinajstić information content (AvgIpc) is 2.78. The van der Waals surface area contributed by atoms with E-state index in [4.69, 9.17) is 0 Å². The number of carbonyl (C=O) groups is 2. The molecule has 0 heterocycles. The van der Waals surface area contributed by atoms with Crippen LogP contribution in [0.25, 0.3) is 0 Å². The Morgan fingerprint density at radius 3 is 1.94 bits per heavy atom. The molecule has 3 nitrogen and oxygen atoms in total. The second-order valence-corrected chi connectivity index (χ2v) is 8.39. The lowest BCUT2D eigenvalue weighted by Gasteiger charge is -2.17. The molecule has 1 unspecified atom stereocenters. The lowest BCUT2D eigenvalue weighted by atomic mass is 9.96. The van der Waals surface area contributed by atoms with E-state index in [9.17, 15) is 9.59 Å². The molecule has 1 atom stereocenters. The molecular formula is C29H29NO2. The van der Waals surface area contributed by atoms with Crippen molar-refractivity contribution in [2.24, 2.45) is 5.92 Å². The third-order valence-electron chi connectivity index (χ3n) is 5.27. The Morgan fingerprint density at radius 2 is 1.38 bits per heavy atom. The van der Waals surface area contributed by atoms with E-state index in [0.717, 1.165) is 23.1 Å². The van der Waals surface area contributed by atoms with Gasteiger partial charge in [0, 0.05) is 36.7 Å². The molecule has 0 radical (unpaired) electrons. The minimum Gasteiger partial charge on any atom is -0.337 e. The van der Waals surface area contributed by atoms with Crippen LogP contribution in [0.5, 0.6) is 0 Å². The number of benzene rings is 3. The zero-order valence-electron chi connectivity index (χ0n) is 19.0. The highest BCUT2D eigenvalue weighted by Crippen LogP contribution is 2.14. The average molecular weight is 424 g/mol. The predicted octanol–water partition coefficient (Wildman–Crippen LogP) is 5.52. The summed E-state index contributed by atoms with van der Waals surface area (Å²) in [7, 11) is 1.81. The van der Waals surface area contributed by atoms with Gasteiger partial charge in [0.2, 0.25) is 0 Å². The van der Waals surface area contributed by atoms with Gasteiger partial charge in [-0.05, 0) is 66.8 Å². The summed E-state index contributed by atoms with van der Waals surface area (Å²) >= 11 is 0. The number of rotatable bonds is 7. The van der Waals surface area contributed by atoms with E-state index in [-0.39, 0.29) is 11.7 Å². The minimum absolute atomic E-state index is 0.0112. The molecule has 0 N–H and O–H groups in total. The molecule has 3 aromatic carbocycles. The van der Waals surface area contributed by atoms with Crippen LogP contribution < -0.4 is 0 Å². The molecule has 3 heteroatoms. The fourth-order valence-corrected chi connectivity index (χ4v) is 3.68. The molecule has 0 bridgehead atoms. The van der Waals surface area contributed by atoms with Crippen molar-refractivity contribution in [3.8, 4) is 11.8 Å². The molecule has 1 amide bonds. The van der Waals surface area contributed by atoms with E-state index < -0.39 is 0 Å². The highest BCUT2D eigenvalue weighted by Gasteiger charge is 2.11. The summed E-state index contributed by atoms with van der Waals surface area (Å²) in [5.41, 5.74) is 4.78. The molecule has 3 rings (SSSR count). The monoisotopic (exact) mass is 423 g/mol. The first kappa shape index (κ1) is 23.0. The third kappa shape index (κ3) is 6.96. The normalized spacial score (nSPS) is 11.2. The predicted molar refractivity (Wildman–Crippen MR) is 129 cm³/mol. The third-order valence-corrected chi connectivity index (χ3v) is 5.27. The molecule has 0 aliphatic rings. The first-order chi connectivity index (χ1) is 15.4. The van der Waals surface area contributed by atoms with Gasteiger partial charge < -0.3 is 9.69 Å². The fourth-order valence-electron chi connectivity index (χ4n) is 3.68. The molecule has 0 saturated heterocycles. The number of Topliss-reactive ketones (excluding diaryl/α,β-unsaturated/α-hetero) is 1. The van der Waals surface area contributed by atoms with Crippen LogP contribution in [0.4, 0.5) is 0 Å². The Hall–Kier alpha value is -3.64. The lowest BCUT2D eigenvalue weighted by molar-refractivity contribution is -0.117. The summed E-state index contributed by atoms with van der Waals surface area (Å²) in [5, 5.41) is 0. The topological polar surface area (TPSA) is 37.4 Å². The Balaban J connectivity index is 1.59. The molecule has 3 aromatic rings. The largest absolute Gasteiger partial charge is 0.337 e. The molecule has 162 valence electrons. The fraction of sp³-hybridized carbons (Fsp3) is 0.241. The summed E-state index contributed by atoms with van der Waals surface area (Å²) in [4.78, 5) is 25.6. The standard InChI is InChI=1S/C29H29NO2/c1-22(19-23(2)31)20-26-13-11-24(12-14-26)9-10-25-15-17-28(18-16-25)29(32)30(3)21-27-7-5-4-6-8-27/h4-8,11-18,22H,19-21H2,1-3H3. The molecular weight excluding hydrogens is 394 g/mol. The van der Waals surface area contributed by atoms with Crippen LogP contribution in [0.3, 0.4) is 0 Å². The maximum Gasteiger partial charge on any atom is 0.253 e. The van der Waals surface area contributed by atoms with Gasteiger partial charge in [0.15, 0.2) is 0 Å². The number of nitrogens with zero attached hydrogens (tertiary/aromatic N) is 1. The van der Waals surface area contributed by atoms with Crippen molar-refractivity contribution in [1.29, 1.82) is 0 Å². The minimum atomic E-state index is -0.0112. The molecule has 0 saturated carbocycles. The van der Waals surface area contributed by atoms with Crippen molar-refractivity contribution in [2.75, 3.05) is 7.05 Å². The van der Waals surface area contributed by atoms with E-state index in [0.29, 0.717) is 24.4 Å². The van der Waals surface area contributed by atoms with Gasteiger partial charge in [0.05, 0.1) is 0 Å². The van der Waals surface area contributed by atoms with Crippen LogP contribution >= 0.6 is 0 Å². The van der Waals surface area contributed by atoms with Crippen LogP contribution in [0.2, 0.25) is 0 Å². The first-order valence-corrected chi connectivity index (χ1v) is 10.9. The Morgan fingerprint density at radius 1 is 0.812 bits per heavy atom. The summed E-state index contributed by atoms with van der Waals surface area (Å²) in [6.07, 6.45) is 1.50. The van der Waals surface area contributed by atoms with Crippen molar-refractivity contribution in [2.45, 2.75) is 33.2 Å². The Bertz CT molecular complexity index is 1100. The smallest absolute Gasteiger partial charge is 0.253 e. The van der Waals surface area contributed by atoms with E-state index in [1.807, 2.05) is 73.8 Å². The summed E-state index contributed by atoms with van der Waals surface area (Å²) in [6, 6.07) is 25.5. The van der Waals surface area contributed by atoms with Crippen molar-refractivity contribution in [1.82, 2.24) is 4.90 Å². The summed E-state index contributed by atoms with van der Waals surface area (Å²) in [6.45, 7) is 4.31. The van der Waals surface area contributed by atoms with Crippen LogP contribution in [0, 0.1) is 17.8 Å². The van der Waals surface area contributed by atoms with E-state index in [2.05, 4.69) is 30.9 Å². The van der Waals surface area contributed by atoms with Crippen LogP contribution in [-0.2, 0) is 17.8 Å². The molecule has 0 aliphatic carbocycles. The number of hydrogen-bond donors (Lipinski definition) is 0. The number of carbonyl (C=O) groups excluding carboxylic acids is 2. The molecule has 0 aromatic heterocycles. The Labute approximate surface area is 191 Å². The van der Waals surface area contributed by atoms with Gasteiger partial charge in [-0.25, -0.2) is 0 Å². The van der Waals surface area contributed by atoms with E-state index in [1.165, 1.54) is 5.56 Å². The lowest BCUT2D eigenvalue weighted by Crippen LogP contribution is -2.26. The second-order valence-electron chi connectivity index (χ2n) is 8.39. The molecule has 0 aliphatic heterocycles. The maximum absolute atomic E-state index is 12.7. The molecule has 32 heavy (non-hydrogen) atoms. The van der Waals surface area contributed by atoms with Crippen molar-refractivity contribution in [3.05, 3.63) is 107 Å². The quantitative estimate of drug-likeness (QED) is 0.470. The van der Waals surface area contributed by atoms with Crippen LogP contribution in [-0.4, -0.2) is 23.6 Å². The van der Waals surface area contributed by atoms with Gasteiger partial charge in [0.1, 0.15) is 5.78 Å². The van der Waals surface area contributed by atoms with E-state index in [1.54, 1.807) is 11.8 Å². The zero-order valence-corrected chi connectivity index (χ0v) is 19.0. The van der Waals surface area contributed by atoms with Crippen LogP contribution in [0.1, 0.15) is 52.9 Å². The van der Waals surface area contributed by atoms with Crippen LogP contribution in [0.15, 0.2) is 78.9 Å². The van der Waals surface area contributed by atoms with Gasteiger partial charge in [-0.3, -0.25) is 4.79 Å². The summed E-state index contributed by atoms with van der Waals surface area (Å²) in [5.74, 6) is 6.91. The second kappa shape index (κ2) is 11.1. The summed E-state index contributed by atoms with van der Waals surface area (Å²) < 4.78 is 0. The van der Waals surface area contributed by atoms with Gasteiger partial charge in [0.25, 0.3) is 5.91 Å². The van der Waals surface area contributed by atoms with Crippen molar-refractivity contribution < 1.29 is 9.59 Å². The van der Waals surface area contributed by atoms with E-state index >= 15 is 0 Å². The zero-order chi connectivity index (χ0) is 22.9. The Kier molecular flexibility index (Phi) is 8.00. The highest BCUT2D eigenvalue weighted by atomic mass is 16.2. The first-order valence-electron chi connectivity index (χ1n) is 10.9. The maximum atomic E-state index is 12.7. The molecule has 0 fully saturated rings. The van der Waals surface area contributed by atoms with Gasteiger partial charge in [-0.1, -0.05) is 61.2 Å². The molecule has 0 spiro atoms. The van der Waals surface area contributed by atoms with Gasteiger partial charge >= 0.3 is 0 Å². The number of ketones is 1.